The van der Waals surface area contributed by atoms with Crippen LogP contribution in [-0.2, 0) is 17.5 Å². The Morgan fingerprint density at radius 1 is 1.12 bits per heavy atom. The zero-order chi connectivity index (χ0) is 28.1. The molecule has 0 amide bonds. The van der Waals surface area contributed by atoms with E-state index in [0.717, 1.165) is 23.0 Å². The van der Waals surface area contributed by atoms with Gasteiger partial charge >= 0.3 is 12.1 Å². The standard InChI is InChI=1S/C26H20F4N6O3S/c27-15-5-6-19(26(28,29)30)17(11-15)18-12-25(39-20-4-2-1-3-16(18)20)7-9-35(10-8-25)24-31-13-21(40-24)23-32-34-36(33-23)14-22(37)38/h1-6,11-13H,7-10,14H2,(H,37,38). The summed E-state index contributed by atoms with van der Waals surface area (Å²) < 4.78 is 62.4. The zero-order valence-corrected chi connectivity index (χ0v) is 21.4. The number of anilines is 1. The molecule has 2 aliphatic rings. The van der Waals surface area contributed by atoms with Crippen molar-refractivity contribution in [2.45, 2.75) is 31.2 Å². The maximum atomic E-state index is 14.2. The number of para-hydroxylation sites is 1. The predicted octanol–water partition coefficient (Wildman–Crippen LogP) is 4.90. The molecule has 1 fully saturated rings. The van der Waals surface area contributed by atoms with Crippen LogP contribution in [-0.4, -0.2) is 55.0 Å². The highest BCUT2D eigenvalue weighted by Crippen LogP contribution is 2.46. The lowest BCUT2D eigenvalue weighted by Crippen LogP contribution is -2.48. The third-order valence-corrected chi connectivity index (χ3v) is 7.85. The molecule has 2 aromatic carbocycles. The van der Waals surface area contributed by atoms with Crippen LogP contribution in [0.2, 0.25) is 0 Å². The summed E-state index contributed by atoms with van der Waals surface area (Å²) >= 11 is 1.32. The average Bonchev–Trinajstić information content (AvgIpc) is 3.58. The van der Waals surface area contributed by atoms with Crippen molar-refractivity contribution >= 4 is 28.0 Å². The lowest BCUT2D eigenvalue weighted by molar-refractivity contribution is -0.138. The Balaban J connectivity index is 1.28. The van der Waals surface area contributed by atoms with Crippen LogP contribution < -0.4 is 9.64 Å². The molecule has 9 nitrogen and oxygen atoms in total. The van der Waals surface area contributed by atoms with Gasteiger partial charge in [0.2, 0.25) is 5.82 Å². The van der Waals surface area contributed by atoms with Gasteiger partial charge in [0.15, 0.2) is 11.7 Å². The molecule has 0 bridgehead atoms. The van der Waals surface area contributed by atoms with Gasteiger partial charge in [0.05, 0.1) is 16.6 Å². The Labute approximate surface area is 228 Å². The number of piperidine rings is 1. The first-order valence-corrected chi connectivity index (χ1v) is 13.0. The molecule has 1 saturated heterocycles. The number of carboxylic acids is 1. The van der Waals surface area contributed by atoms with Crippen molar-refractivity contribution in [3.05, 3.63) is 77.2 Å². The number of carboxylic acid groups (broad SMARTS) is 1. The minimum atomic E-state index is -4.66. The zero-order valence-electron chi connectivity index (χ0n) is 20.6. The number of hydrogen-bond donors (Lipinski definition) is 1. The fourth-order valence-corrected chi connectivity index (χ4v) is 5.84. The van der Waals surface area contributed by atoms with E-state index in [-0.39, 0.29) is 17.0 Å². The summed E-state index contributed by atoms with van der Waals surface area (Å²) in [4.78, 5) is 18.9. The van der Waals surface area contributed by atoms with E-state index in [2.05, 4.69) is 20.4 Å². The predicted molar refractivity (Wildman–Crippen MR) is 136 cm³/mol. The van der Waals surface area contributed by atoms with Gasteiger partial charge in [-0.3, -0.25) is 4.79 Å². The number of benzene rings is 2. The highest BCUT2D eigenvalue weighted by molar-refractivity contribution is 7.18. The van der Waals surface area contributed by atoms with Crippen LogP contribution in [0.25, 0.3) is 16.3 Å². The first-order chi connectivity index (χ1) is 19.1. The van der Waals surface area contributed by atoms with Crippen molar-refractivity contribution in [1.29, 1.82) is 0 Å². The minimum Gasteiger partial charge on any atom is -0.482 e. The van der Waals surface area contributed by atoms with E-state index in [0.29, 0.717) is 47.3 Å². The van der Waals surface area contributed by atoms with Crippen LogP contribution >= 0.6 is 11.3 Å². The molecule has 206 valence electrons. The fraction of sp³-hybridized carbons (Fsp3) is 0.269. The van der Waals surface area contributed by atoms with Crippen LogP contribution in [0.5, 0.6) is 5.75 Å². The molecule has 1 N–H and O–H groups in total. The Hall–Kier alpha value is -4.33. The fourth-order valence-electron chi connectivity index (χ4n) is 4.94. The second-order valence-electron chi connectivity index (χ2n) is 9.44. The van der Waals surface area contributed by atoms with Gasteiger partial charge in [-0.25, -0.2) is 9.37 Å². The highest BCUT2D eigenvalue weighted by Gasteiger charge is 2.42. The van der Waals surface area contributed by atoms with E-state index in [4.69, 9.17) is 9.84 Å². The van der Waals surface area contributed by atoms with Crippen LogP contribution in [0, 0.1) is 5.82 Å². The van der Waals surface area contributed by atoms with Crippen molar-refractivity contribution in [2.75, 3.05) is 18.0 Å². The Morgan fingerprint density at radius 2 is 1.90 bits per heavy atom. The number of alkyl halides is 3. The third-order valence-electron chi connectivity index (χ3n) is 6.80. The first-order valence-electron chi connectivity index (χ1n) is 12.2. The van der Waals surface area contributed by atoms with Crippen molar-refractivity contribution in [3.8, 4) is 16.5 Å². The number of fused-ring (bicyclic) bond motifs is 1. The van der Waals surface area contributed by atoms with E-state index in [1.807, 2.05) is 4.90 Å². The second kappa shape index (κ2) is 9.70. The molecule has 6 rings (SSSR count). The molecule has 14 heteroatoms. The molecular formula is C26H20F4N6O3S. The Bertz CT molecular complexity index is 1620. The number of halogens is 4. The second-order valence-corrected chi connectivity index (χ2v) is 10.4. The number of nitrogens with zero attached hydrogens (tertiary/aromatic N) is 6. The van der Waals surface area contributed by atoms with Crippen LogP contribution in [0.1, 0.15) is 29.5 Å². The summed E-state index contributed by atoms with van der Waals surface area (Å²) in [5.41, 5.74) is -1.27. The number of aromatic nitrogens is 5. The van der Waals surface area contributed by atoms with Gasteiger partial charge in [0.25, 0.3) is 0 Å². The number of carbonyl (C=O) groups is 1. The van der Waals surface area contributed by atoms with Crippen molar-refractivity contribution in [3.63, 3.8) is 0 Å². The summed E-state index contributed by atoms with van der Waals surface area (Å²) in [6.07, 6.45) is -0.480. The van der Waals surface area contributed by atoms with Gasteiger partial charge in [-0.15, -0.1) is 10.2 Å². The third kappa shape index (κ3) is 4.90. The first kappa shape index (κ1) is 25.9. The molecule has 0 atom stereocenters. The number of hydrogen-bond acceptors (Lipinski definition) is 8. The van der Waals surface area contributed by atoms with Crippen LogP contribution in [0.3, 0.4) is 0 Å². The van der Waals surface area contributed by atoms with E-state index >= 15 is 0 Å². The monoisotopic (exact) mass is 572 g/mol. The molecule has 4 aromatic rings. The quantitative estimate of drug-likeness (QED) is 0.337. The molecule has 4 heterocycles. The van der Waals surface area contributed by atoms with Crippen molar-refractivity contribution in [2.24, 2.45) is 0 Å². The number of ether oxygens (including phenoxy) is 1. The topological polar surface area (TPSA) is 106 Å². The molecule has 0 radical (unpaired) electrons. The van der Waals surface area contributed by atoms with Gasteiger partial charge in [-0.2, -0.15) is 18.0 Å². The van der Waals surface area contributed by atoms with E-state index in [9.17, 15) is 22.4 Å². The van der Waals surface area contributed by atoms with Gasteiger partial charge < -0.3 is 14.7 Å². The van der Waals surface area contributed by atoms with Crippen LogP contribution in [0.4, 0.5) is 22.7 Å². The van der Waals surface area contributed by atoms with Gasteiger partial charge in [-0.05, 0) is 46.7 Å². The SMILES string of the molecule is O=C(O)Cn1nnc(-c2cnc(N3CCC4(C=C(c5cc(F)ccc5C(F)(F)F)c5ccccc5O4)CC3)s2)n1. The number of thiazole rings is 1. The average molecular weight is 573 g/mol. The van der Waals surface area contributed by atoms with Gasteiger partial charge in [-0.1, -0.05) is 29.5 Å². The molecule has 2 aromatic heterocycles. The normalized spacial score (nSPS) is 16.4. The van der Waals surface area contributed by atoms with Crippen LogP contribution in [0.15, 0.2) is 54.7 Å². The number of rotatable bonds is 5. The maximum Gasteiger partial charge on any atom is 0.417 e. The van der Waals surface area contributed by atoms with E-state index in [1.54, 1.807) is 36.5 Å². The van der Waals surface area contributed by atoms with E-state index in [1.165, 1.54) is 11.3 Å². The summed E-state index contributed by atoms with van der Waals surface area (Å²) in [7, 11) is 0. The molecule has 0 aliphatic carbocycles. The van der Waals surface area contributed by atoms with Crippen molar-refractivity contribution in [1.82, 2.24) is 25.2 Å². The molecule has 0 saturated carbocycles. The molecule has 0 unspecified atom stereocenters. The lowest BCUT2D eigenvalue weighted by atomic mass is 9.82. The summed E-state index contributed by atoms with van der Waals surface area (Å²) in [5, 5.41) is 21.3. The number of tetrazole rings is 1. The van der Waals surface area contributed by atoms with Gasteiger partial charge in [0, 0.05) is 31.5 Å². The molecule has 1 spiro atoms. The molecule has 40 heavy (non-hydrogen) atoms. The molecule has 2 aliphatic heterocycles. The minimum absolute atomic E-state index is 0.224. The summed E-state index contributed by atoms with van der Waals surface area (Å²) in [6.45, 7) is 0.576. The summed E-state index contributed by atoms with van der Waals surface area (Å²) in [5.74, 6) is -1.14. The maximum absolute atomic E-state index is 14.2. The van der Waals surface area contributed by atoms with Crippen molar-refractivity contribution < 1.29 is 32.2 Å². The largest absolute Gasteiger partial charge is 0.482 e. The lowest BCUT2D eigenvalue weighted by Gasteiger charge is -2.43. The highest BCUT2D eigenvalue weighted by atomic mass is 32.1. The Morgan fingerprint density at radius 3 is 2.65 bits per heavy atom. The Kier molecular flexibility index (Phi) is 6.28. The number of aliphatic carboxylic acids is 1. The van der Waals surface area contributed by atoms with E-state index < -0.39 is 35.7 Å². The van der Waals surface area contributed by atoms with Gasteiger partial charge in [0.1, 0.15) is 17.2 Å². The molecular weight excluding hydrogens is 552 g/mol. The summed E-state index contributed by atoms with van der Waals surface area (Å²) in [6, 6.07) is 9.35. The smallest absolute Gasteiger partial charge is 0.417 e.